The van der Waals surface area contributed by atoms with Gasteiger partial charge in [0.2, 0.25) is 0 Å². The van der Waals surface area contributed by atoms with Crippen LogP contribution >= 0.6 is 0 Å². The molecule has 0 aromatic carbocycles. The molecule has 0 radical (unpaired) electrons. The summed E-state index contributed by atoms with van der Waals surface area (Å²) >= 11 is 0. The third kappa shape index (κ3) is 1.81. The first-order chi connectivity index (χ1) is 8.88. The van der Waals surface area contributed by atoms with Gasteiger partial charge in [-0.05, 0) is 38.0 Å². The molecule has 6 nitrogen and oxygen atoms in total. The molecule has 1 heterocycles. The number of nitrogens with one attached hydrogen (secondary N) is 2. The zero-order chi connectivity index (χ0) is 13.3. The fourth-order valence-corrected chi connectivity index (χ4v) is 5.21. The van der Waals surface area contributed by atoms with Crippen molar-refractivity contribution in [3.05, 3.63) is 0 Å². The molecule has 3 atom stereocenters. The first-order valence-electron chi connectivity index (χ1n) is 6.94. The van der Waals surface area contributed by atoms with Crippen molar-refractivity contribution in [1.82, 2.24) is 10.6 Å². The Morgan fingerprint density at radius 1 is 1.21 bits per heavy atom. The van der Waals surface area contributed by atoms with Crippen molar-refractivity contribution in [2.24, 2.45) is 10.9 Å². The molecule has 5 rings (SSSR count). The Bertz CT molecular complexity index is 460. The van der Waals surface area contributed by atoms with Crippen molar-refractivity contribution in [2.45, 2.75) is 61.6 Å². The number of aliphatic hydroxyl groups is 2. The van der Waals surface area contributed by atoms with Crippen LogP contribution in [0.15, 0.2) is 4.99 Å². The standard InChI is InChI=1S/C13H19N3O3/c17-9-4-14-10(15-9)16-11-1-8-2-12(18,5-11)7-13(19,3-8)6-11/h4,8,10,16,18-19H,1-3,5-7H2,(H,15,17). The largest absolute Gasteiger partial charge is 0.390 e. The number of carbonyl (C=O) groups excluding carboxylic acids is 1. The summed E-state index contributed by atoms with van der Waals surface area (Å²) in [6, 6.07) is 0. The molecule has 1 amide bonds. The molecule has 19 heavy (non-hydrogen) atoms. The monoisotopic (exact) mass is 265 g/mol. The maximum absolute atomic E-state index is 11.2. The van der Waals surface area contributed by atoms with E-state index in [9.17, 15) is 15.0 Å². The van der Waals surface area contributed by atoms with Crippen LogP contribution in [-0.4, -0.2) is 45.4 Å². The van der Waals surface area contributed by atoms with Crippen LogP contribution in [0.4, 0.5) is 0 Å². The average molecular weight is 265 g/mol. The topological polar surface area (TPSA) is 94.0 Å². The van der Waals surface area contributed by atoms with Gasteiger partial charge in [0.25, 0.3) is 5.91 Å². The molecular formula is C13H19N3O3. The first kappa shape index (κ1) is 11.8. The SMILES string of the molecule is O=C1C=NC(NC23CC4CC(O)(CC(O)(C4)C2)C3)N1. The number of aliphatic imine (C=N–C) groups is 1. The molecular weight excluding hydrogens is 246 g/mol. The van der Waals surface area contributed by atoms with Gasteiger partial charge in [-0.1, -0.05) is 0 Å². The molecule has 1 aliphatic heterocycles. The predicted octanol–water partition coefficient (Wildman–Crippen LogP) is -0.741. The van der Waals surface area contributed by atoms with E-state index in [0.29, 0.717) is 25.2 Å². The van der Waals surface area contributed by atoms with E-state index in [4.69, 9.17) is 0 Å². The number of rotatable bonds is 2. The van der Waals surface area contributed by atoms with Crippen molar-refractivity contribution in [1.29, 1.82) is 0 Å². The highest BCUT2D eigenvalue weighted by Crippen LogP contribution is 2.59. The van der Waals surface area contributed by atoms with Gasteiger partial charge in [-0.15, -0.1) is 0 Å². The molecule has 4 aliphatic carbocycles. The minimum absolute atomic E-state index is 0.195. The van der Waals surface area contributed by atoms with Crippen molar-refractivity contribution in [2.75, 3.05) is 0 Å². The molecule has 0 spiro atoms. The smallest absolute Gasteiger partial charge is 0.264 e. The van der Waals surface area contributed by atoms with Crippen molar-refractivity contribution in [3.8, 4) is 0 Å². The number of nitrogens with zero attached hydrogens (tertiary/aromatic N) is 1. The van der Waals surface area contributed by atoms with Crippen LogP contribution in [0.25, 0.3) is 0 Å². The highest BCUT2D eigenvalue weighted by atomic mass is 16.3. The van der Waals surface area contributed by atoms with E-state index in [-0.39, 0.29) is 11.4 Å². The molecule has 4 bridgehead atoms. The fraction of sp³-hybridized carbons (Fsp3) is 0.846. The highest BCUT2D eigenvalue weighted by molar-refractivity contribution is 6.27. The van der Waals surface area contributed by atoms with Gasteiger partial charge in [0, 0.05) is 12.0 Å². The summed E-state index contributed by atoms with van der Waals surface area (Å²) in [5, 5.41) is 27.3. The summed E-state index contributed by atoms with van der Waals surface area (Å²) in [4.78, 5) is 15.2. The van der Waals surface area contributed by atoms with Gasteiger partial charge < -0.3 is 15.5 Å². The Hall–Kier alpha value is -0.980. The Kier molecular flexibility index (Phi) is 2.09. The van der Waals surface area contributed by atoms with Gasteiger partial charge in [0.05, 0.1) is 17.4 Å². The van der Waals surface area contributed by atoms with Crippen LogP contribution in [0, 0.1) is 5.92 Å². The van der Waals surface area contributed by atoms with Crippen molar-refractivity contribution < 1.29 is 15.0 Å². The minimum Gasteiger partial charge on any atom is -0.390 e. The number of hydrogen-bond donors (Lipinski definition) is 4. The molecule has 104 valence electrons. The molecule has 5 aliphatic rings. The molecule has 3 unspecified atom stereocenters. The van der Waals surface area contributed by atoms with E-state index >= 15 is 0 Å². The van der Waals surface area contributed by atoms with Gasteiger partial charge in [-0.2, -0.15) is 0 Å². The van der Waals surface area contributed by atoms with E-state index < -0.39 is 17.5 Å². The van der Waals surface area contributed by atoms with E-state index in [1.54, 1.807) is 0 Å². The summed E-state index contributed by atoms with van der Waals surface area (Å²) in [6.07, 6.45) is 5.15. The van der Waals surface area contributed by atoms with E-state index in [1.165, 1.54) is 6.21 Å². The van der Waals surface area contributed by atoms with Gasteiger partial charge >= 0.3 is 0 Å². The molecule has 4 fully saturated rings. The predicted molar refractivity (Wildman–Crippen MR) is 67.4 cm³/mol. The van der Waals surface area contributed by atoms with Gasteiger partial charge in [0.15, 0.2) is 6.29 Å². The Balaban J connectivity index is 1.60. The third-order valence-corrected chi connectivity index (χ3v) is 5.07. The lowest BCUT2D eigenvalue weighted by molar-refractivity contribution is -0.213. The fourth-order valence-electron chi connectivity index (χ4n) is 5.21. The lowest BCUT2D eigenvalue weighted by atomic mass is 9.49. The van der Waals surface area contributed by atoms with Crippen LogP contribution in [-0.2, 0) is 4.79 Å². The van der Waals surface area contributed by atoms with E-state index in [1.807, 2.05) is 0 Å². The lowest BCUT2D eigenvalue weighted by Crippen LogP contribution is -2.71. The van der Waals surface area contributed by atoms with Crippen LogP contribution in [0.5, 0.6) is 0 Å². The highest BCUT2D eigenvalue weighted by Gasteiger charge is 2.63. The second kappa shape index (κ2) is 3.37. The summed E-state index contributed by atoms with van der Waals surface area (Å²) in [5.74, 6) is 0.166. The number of hydrogen-bond acceptors (Lipinski definition) is 5. The van der Waals surface area contributed by atoms with Crippen LogP contribution in [0.1, 0.15) is 38.5 Å². The summed E-state index contributed by atoms with van der Waals surface area (Å²) in [5.41, 5.74) is -1.82. The maximum atomic E-state index is 11.2. The first-order valence-corrected chi connectivity index (χ1v) is 6.94. The van der Waals surface area contributed by atoms with Gasteiger partial charge in [-0.25, -0.2) is 4.99 Å². The maximum Gasteiger partial charge on any atom is 0.264 e. The normalized spacial score (nSPS) is 54.7. The Labute approximate surface area is 111 Å². The molecule has 0 saturated heterocycles. The summed E-state index contributed by atoms with van der Waals surface area (Å²) in [6.45, 7) is 0. The van der Waals surface area contributed by atoms with Crippen molar-refractivity contribution >= 4 is 12.1 Å². The quantitative estimate of drug-likeness (QED) is 0.529. The Morgan fingerprint density at radius 2 is 1.89 bits per heavy atom. The summed E-state index contributed by atoms with van der Waals surface area (Å²) < 4.78 is 0. The van der Waals surface area contributed by atoms with Gasteiger partial charge in [0.1, 0.15) is 0 Å². The van der Waals surface area contributed by atoms with Crippen LogP contribution in [0.2, 0.25) is 0 Å². The molecule has 6 heteroatoms. The molecule has 4 saturated carbocycles. The molecule has 0 aromatic rings. The van der Waals surface area contributed by atoms with Crippen LogP contribution in [0.3, 0.4) is 0 Å². The second-order valence-electron chi connectivity index (χ2n) is 7.07. The van der Waals surface area contributed by atoms with E-state index in [0.717, 1.165) is 19.3 Å². The molecule has 4 N–H and O–H groups in total. The van der Waals surface area contributed by atoms with Crippen molar-refractivity contribution in [3.63, 3.8) is 0 Å². The van der Waals surface area contributed by atoms with Gasteiger partial charge in [-0.3, -0.25) is 10.1 Å². The Morgan fingerprint density at radius 3 is 2.42 bits per heavy atom. The average Bonchev–Trinajstić information content (AvgIpc) is 2.56. The van der Waals surface area contributed by atoms with Crippen LogP contribution < -0.4 is 10.6 Å². The lowest BCUT2D eigenvalue weighted by Gasteiger charge is -2.63. The summed E-state index contributed by atoms with van der Waals surface area (Å²) in [7, 11) is 0. The zero-order valence-corrected chi connectivity index (χ0v) is 10.7. The third-order valence-electron chi connectivity index (χ3n) is 5.07. The van der Waals surface area contributed by atoms with E-state index in [2.05, 4.69) is 15.6 Å². The second-order valence-corrected chi connectivity index (χ2v) is 7.07. The molecule has 0 aromatic heterocycles. The number of amides is 1. The zero-order valence-electron chi connectivity index (χ0n) is 10.7. The number of carbonyl (C=O) groups is 1. The minimum atomic E-state index is -0.756.